The SMILES string of the molecule is O=C(c1c([O-])[n+](C2CCCCC2)c2c3ccccc3ccn12)C(F)(F)F. The van der Waals surface area contributed by atoms with Crippen LogP contribution in [0.2, 0.25) is 0 Å². The summed E-state index contributed by atoms with van der Waals surface area (Å²) >= 11 is 0. The van der Waals surface area contributed by atoms with E-state index in [2.05, 4.69) is 0 Å². The van der Waals surface area contributed by atoms with E-state index in [-0.39, 0.29) is 6.04 Å². The first kappa shape index (κ1) is 16.9. The summed E-state index contributed by atoms with van der Waals surface area (Å²) in [5.74, 6) is -2.95. The molecule has 4 nitrogen and oxygen atoms in total. The Kier molecular flexibility index (Phi) is 3.89. The monoisotopic (exact) mass is 362 g/mol. The number of hydrogen-bond donors (Lipinski definition) is 0. The van der Waals surface area contributed by atoms with Crippen molar-refractivity contribution in [1.29, 1.82) is 0 Å². The Labute approximate surface area is 147 Å². The predicted octanol–water partition coefficient (Wildman–Crippen LogP) is 3.70. The predicted molar refractivity (Wildman–Crippen MR) is 87.1 cm³/mol. The van der Waals surface area contributed by atoms with E-state index in [0.717, 1.165) is 41.9 Å². The van der Waals surface area contributed by atoms with Gasteiger partial charge in [0, 0.05) is 0 Å². The van der Waals surface area contributed by atoms with E-state index >= 15 is 0 Å². The number of aromatic nitrogens is 2. The smallest absolute Gasteiger partial charge is 0.458 e. The van der Waals surface area contributed by atoms with E-state index in [1.165, 1.54) is 10.8 Å². The molecule has 0 amide bonds. The molecule has 136 valence electrons. The standard InChI is InChI=1S/C19H17F3N2O2/c20-19(21,22)16(25)15-18(26)24(13-7-2-1-3-8-13)17-14-9-5-4-6-12(14)10-11-23(15)17/h4-6,9-11,13H,1-3,7-8H2. The number of fused-ring (bicyclic) bond motifs is 3. The van der Waals surface area contributed by atoms with Crippen LogP contribution >= 0.6 is 0 Å². The number of imidazole rings is 1. The van der Waals surface area contributed by atoms with E-state index in [9.17, 15) is 23.1 Å². The van der Waals surface area contributed by atoms with Crippen LogP contribution in [0.4, 0.5) is 13.2 Å². The molecule has 7 heteroatoms. The number of rotatable bonds is 2. The average Bonchev–Trinajstić information content (AvgIpc) is 2.93. The van der Waals surface area contributed by atoms with Gasteiger partial charge in [-0.3, -0.25) is 4.79 Å². The van der Waals surface area contributed by atoms with Gasteiger partial charge in [0.05, 0.1) is 11.6 Å². The van der Waals surface area contributed by atoms with Crippen LogP contribution in [0.25, 0.3) is 16.4 Å². The minimum absolute atomic E-state index is 0.188. The van der Waals surface area contributed by atoms with E-state index < -0.39 is 23.5 Å². The van der Waals surface area contributed by atoms with Gasteiger partial charge in [0.25, 0.3) is 5.65 Å². The number of ketones is 1. The van der Waals surface area contributed by atoms with Crippen molar-refractivity contribution in [2.75, 3.05) is 0 Å². The lowest BCUT2D eigenvalue weighted by molar-refractivity contribution is -0.736. The van der Waals surface area contributed by atoms with Crippen LogP contribution in [0.5, 0.6) is 5.88 Å². The van der Waals surface area contributed by atoms with Crippen LogP contribution in [-0.2, 0) is 0 Å². The van der Waals surface area contributed by atoms with Crippen LogP contribution < -0.4 is 9.67 Å². The molecule has 4 rings (SSSR count). The Balaban J connectivity index is 2.08. The quantitative estimate of drug-likeness (QED) is 0.515. The molecule has 2 aromatic heterocycles. The number of hydrogen-bond acceptors (Lipinski definition) is 2. The van der Waals surface area contributed by atoms with Gasteiger partial charge in [-0.25, -0.2) is 4.57 Å². The topological polar surface area (TPSA) is 48.4 Å². The lowest BCUT2D eigenvalue weighted by atomic mass is 9.95. The third-order valence-electron chi connectivity index (χ3n) is 5.14. The van der Waals surface area contributed by atoms with Gasteiger partial charge in [0.15, 0.2) is 0 Å². The molecule has 0 radical (unpaired) electrons. The van der Waals surface area contributed by atoms with Gasteiger partial charge in [-0.2, -0.15) is 17.6 Å². The van der Waals surface area contributed by atoms with Crippen molar-refractivity contribution in [2.24, 2.45) is 0 Å². The first-order chi connectivity index (χ1) is 12.4. The molecule has 1 aliphatic carbocycles. The lowest BCUT2D eigenvalue weighted by Crippen LogP contribution is -2.43. The first-order valence-corrected chi connectivity index (χ1v) is 8.65. The largest absolute Gasteiger partial charge is 0.839 e. The van der Waals surface area contributed by atoms with Crippen molar-refractivity contribution < 1.29 is 27.6 Å². The third-order valence-corrected chi connectivity index (χ3v) is 5.14. The molecule has 3 aromatic rings. The second kappa shape index (κ2) is 6.00. The Bertz CT molecular complexity index is 1000. The summed E-state index contributed by atoms with van der Waals surface area (Å²) in [4.78, 5) is 12.0. The van der Waals surface area contributed by atoms with Gasteiger partial charge in [-0.05, 0) is 43.2 Å². The summed E-state index contributed by atoms with van der Waals surface area (Å²) in [6.45, 7) is 0. The number of benzene rings is 1. The third kappa shape index (κ3) is 2.53. The summed E-state index contributed by atoms with van der Waals surface area (Å²) in [6, 6.07) is 8.64. The van der Waals surface area contributed by atoms with Crippen molar-refractivity contribution in [3.63, 3.8) is 0 Å². The Hall–Kier alpha value is -2.57. The molecule has 0 saturated heterocycles. The Morgan fingerprint density at radius 1 is 1.12 bits per heavy atom. The molecule has 0 aliphatic heterocycles. The zero-order valence-corrected chi connectivity index (χ0v) is 13.9. The molecule has 1 aliphatic rings. The highest BCUT2D eigenvalue weighted by atomic mass is 19.4. The number of carbonyl (C=O) groups is 1. The van der Waals surface area contributed by atoms with E-state index in [1.54, 1.807) is 18.2 Å². The highest BCUT2D eigenvalue weighted by Gasteiger charge is 2.45. The number of nitrogens with zero attached hydrogens (tertiary/aromatic N) is 2. The molecule has 0 unspecified atom stereocenters. The highest BCUT2D eigenvalue weighted by molar-refractivity contribution is 6.02. The molecule has 0 bridgehead atoms. The van der Waals surface area contributed by atoms with Gasteiger partial charge in [0.2, 0.25) is 5.69 Å². The molecular formula is C19H17F3N2O2. The van der Waals surface area contributed by atoms with Gasteiger partial charge >= 0.3 is 12.0 Å². The van der Waals surface area contributed by atoms with E-state index in [0.29, 0.717) is 11.0 Å². The molecule has 0 N–H and O–H groups in total. The van der Waals surface area contributed by atoms with Crippen LogP contribution in [-0.4, -0.2) is 16.4 Å². The Morgan fingerprint density at radius 2 is 1.81 bits per heavy atom. The first-order valence-electron chi connectivity index (χ1n) is 8.65. The number of Topliss-reactive ketones (excluding diaryl/α,β-unsaturated/α-hetero) is 1. The van der Waals surface area contributed by atoms with Gasteiger partial charge in [-0.1, -0.05) is 24.6 Å². The van der Waals surface area contributed by atoms with E-state index in [4.69, 9.17) is 0 Å². The second-order valence-corrected chi connectivity index (χ2v) is 6.74. The number of alkyl halides is 3. The molecule has 0 spiro atoms. The molecular weight excluding hydrogens is 345 g/mol. The van der Waals surface area contributed by atoms with Crippen molar-refractivity contribution in [3.05, 3.63) is 42.2 Å². The summed E-state index contributed by atoms with van der Waals surface area (Å²) in [5, 5.41) is 14.4. The second-order valence-electron chi connectivity index (χ2n) is 6.74. The van der Waals surface area contributed by atoms with Gasteiger partial charge in [-0.15, -0.1) is 0 Å². The molecule has 26 heavy (non-hydrogen) atoms. The number of halogens is 3. The van der Waals surface area contributed by atoms with Crippen LogP contribution in [0.1, 0.15) is 48.6 Å². The van der Waals surface area contributed by atoms with Crippen LogP contribution in [0.15, 0.2) is 36.5 Å². The zero-order valence-electron chi connectivity index (χ0n) is 13.9. The van der Waals surface area contributed by atoms with E-state index in [1.807, 2.05) is 12.1 Å². The summed E-state index contributed by atoms with van der Waals surface area (Å²) in [5.41, 5.74) is -0.462. The minimum Gasteiger partial charge on any atom is -0.839 e. The zero-order chi connectivity index (χ0) is 18.5. The fourth-order valence-electron chi connectivity index (χ4n) is 3.96. The Morgan fingerprint density at radius 3 is 2.50 bits per heavy atom. The normalized spacial score (nSPS) is 16.4. The number of carbonyl (C=O) groups excluding carboxylic acids is 1. The molecule has 1 saturated carbocycles. The van der Waals surface area contributed by atoms with Crippen molar-refractivity contribution >= 4 is 22.2 Å². The van der Waals surface area contributed by atoms with Crippen LogP contribution in [0, 0.1) is 0 Å². The maximum Gasteiger partial charge on any atom is 0.458 e. The van der Waals surface area contributed by atoms with Crippen molar-refractivity contribution in [3.8, 4) is 5.88 Å². The summed E-state index contributed by atoms with van der Waals surface area (Å²) < 4.78 is 41.8. The van der Waals surface area contributed by atoms with Gasteiger partial charge < -0.3 is 5.11 Å². The highest BCUT2D eigenvalue weighted by Crippen LogP contribution is 2.33. The molecule has 1 fully saturated rings. The maximum atomic E-state index is 13.1. The van der Waals surface area contributed by atoms with Gasteiger partial charge in [0.1, 0.15) is 11.9 Å². The summed E-state index contributed by atoms with van der Waals surface area (Å²) in [6.07, 6.45) is 0.626. The molecule has 0 atom stereocenters. The fraction of sp³-hybridized carbons (Fsp3) is 0.368. The van der Waals surface area contributed by atoms with Crippen molar-refractivity contribution in [1.82, 2.24) is 4.40 Å². The van der Waals surface area contributed by atoms with Crippen molar-refractivity contribution in [2.45, 2.75) is 44.3 Å². The lowest BCUT2D eigenvalue weighted by Gasteiger charge is -2.22. The number of pyridine rings is 1. The molecule has 2 heterocycles. The molecule has 1 aromatic carbocycles. The fourth-order valence-corrected chi connectivity index (χ4v) is 3.96. The maximum absolute atomic E-state index is 13.1. The average molecular weight is 362 g/mol. The minimum atomic E-state index is -5.09. The van der Waals surface area contributed by atoms with Crippen LogP contribution in [0.3, 0.4) is 0 Å². The summed E-state index contributed by atoms with van der Waals surface area (Å²) in [7, 11) is 0.